The second-order valence-electron chi connectivity index (χ2n) is 19.1. The summed E-state index contributed by atoms with van der Waals surface area (Å²) in [6.07, 6.45) is 13.4. The van der Waals surface area contributed by atoms with Gasteiger partial charge in [-0.1, -0.05) is 47.1 Å². The molecule has 1 aromatic heterocycles. The van der Waals surface area contributed by atoms with Crippen molar-refractivity contribution < 1.29 is 24.3 Å². The molecular weight excluding hydrogens is 636 g/mol. The van der Waals surface area contributed by atoms with Gasteiger partial charge in [0, 0.05) is 42.6 Å². The van der Waals surface area contributed by atoms with Crippen molar-refractivity contribution in [2.24, 2.45) is 75.4 Å². The van der Waals surface area contributed by atoms with E-state index in [-0.39, 0.29) is 45.8 Å². The molecule has 51 heavy (non-hydrogen) atoms. The number of nitrogens with zero attached hydrogens (tertiary/aromatic N) is 1. The highest BCUT2D eigenvalue weighted by molar-refractivity contribution is 6.00. The number of rotatable bonds is 9. The first-order valence-corrected chi connectivity index (χ1v) is 20.4. The van der Waals surface area contributed by atoms with Crippen LogP contribution in [0.3, 0.4) is 0 Å². The lowest BCUT2D eigenvalue weighted by atomic mass is 9.37. The average Bonchev–Trinajstić information content (AvgIpc) is 3.37. The number of Topliss-reactive ketones (excluding diaryl/α,β-unsaturated/α-hetero) is 2. The second kappa shape index (κ2) is 13.2. The highest BCUT2D eigenvalue weighted by atomic mass is 16.4. The van der Waals surface area contributed by atoms with Crippen molar-refractivity contribution in [3.05, 3.63) is 40.7 Å². The maximum atomic E-state index is 13.9. The lowest BCUT2D eigenvalue weighted by Crippen LogP contribution is -2.60. The fourth-order valence-electron chi connectivity index (χ4n) is 13.8. The van der Waals surface area contributed by atoms with Gasteiger partial charge in [-0.2, -0.15) is 0 Å². The number of amides is 1. The van der Waals surface area contributed by atoms with E-state index in [2.05, 4.69) is 44.9 Å². The Balaban J connectivity index is 1.07. The third-order valence-corrected chi connectivity index (χ3v) is 16.5. The summed E-state index contributed by atoms with van der Waals surface area (Å²) in [5.41, 5.74) is 4.37. The molecule has 5 fully saturated rings. The van der Waals surface area contributed by atoms with Gasteiger partial charge in [0.25, 0.3) is 5.91 Å². The first-order valence-electron chi connectivity index (χ1n) is 20.4. The Kier molecular flexibility index (Phi) is 9.48. The largest absolute Gasteiger partial charge is 0.481 e. The molecule has 1 amide bonds. The molecule has 7 nitrogen and oxygen atoms in total. The van der Waals surface area contributed by atoms with Gasteiger partial charge in [-0.05, 0) is 147 Å². The van der Waals surface area contributed by atoms with Crippen LogP contribution < -0.4 is 5.32 Å². The molecule has 0 bridgehead atoms. The van der Waals surface area contributed by atoms with Crippen LogP contribution in [0.25, 0.3) is 0 Å². The lowest BCUT2D eigenvalue weighted by molar-refractivity contribution is -0.172. The highest BCUT2D eigenvalue weighted by Crippen LogP contribution is 2.72. The summed E-state index contributed by atoms with van der Waals surface area (Å²) in [5, 5.41) is 12.6. The Morgan fingerprint density at radius 3 is 2.31 bits per heavy atom. The number of hydrogen-bond acceptors (Lipinski definition) is 5. The van der Waals surface area contributed by atoms with E-state index in [1.54, 1.807) is 6.20 Å². The van der Waals surface area contributed by atoms with E-state index >= 15 is 0 Å². The molecule has 278 valence electrons. The van der Waals surface area contributed by atoms with Gasteiger partial charge >= 0.3 is 5.97 Å². The molecule has 12 unspecified atom stereocenters. The smallest absolute Gasteiger partial charge is 0.306 e. The van der Waals surface area contributed by atoms with Crippen LogP contribution in [0.4, 0.5) is 0 Å². The summed E-state index contributed by atoms with van der Waals surface area (Å²) in [6, 6.07) is 3.70. The average molecular weight is 699 g/mol. The van der Waals surface area contributed by atoms with Gasteiger partial charge in [0.2, 0.25) is 0 Å². The molecule has 5 saturated carbocycles. The quantitative estimate of drug-likeness (QED) is 0.267. The number of allylic oxidation sites excluding steroid dienone is 2. The van der Waals surface area contributed by atoms with Crippen LogP contribution in [0.1, 0.15) is 135 Å². The second-order valence-corrected chi connectivity index (χ2v) is 19.1. The van der Waals surface area contributed by atoms with Crippen molar-refractivity contribution in [1.82, 2.24) is 10.3 Å². The topological polar surface area (TPSA) is 113 Å². The molecular formula is C44H62N2O5. The number of carbonyl (C=O) groups excluding carboxylic acids is 3. The number of carbonyl (C=O) groups is 4. The minimum absolute atomic E-state index is 0.0459. The summed E-state index contributed by atoms with van der Waals surface area (Å²) in [7, 11) is 0. The first-order chi connectivity index (χ1) is 24.1. The van der Waals surface area contributed by atoms with Crippen molar-refractivity contribution in [3.63, 3.8) is 0 Å². The molecule has 1 aromatic rings. The zero-order chi connectivity index (χ0) is 36.6. The van der Waals surface area contributed by atoms with Gasteiger partial charge in [0.05, 0.1) is 11.5 Å². The van der Waals surface area contributed by atoms with Crippen LogP contribution in [0, 0.1) is 82.3 Å². The molecule has 7 heteroatoms. The molecule has 0 saturated heterocycles. The predicted molar refractivity (Wildman–Crippen MR) is 198 cm³/mol. The third-order valence-electron chi connectivity index (χ3n) is 16.5. The standard InChI is InChI=1S/C44H62N2O5/c1-24(2)38-36(48)22-44(18-19-45-40(49)29-9-8-25(3)46-23-29)17-14-34-30(39(38)44)10-11-37-42(6)15-12-28(26(4)33(42)13-16-43(34,37)7)20-35(47)31-21-32(27(31)5)41(50)51/h8-9,23-24,26-28,30-34,37H,10-22H2,1-7H3,(H,45,49)(H,50,51). The normalized spacial score (nSPS) is 41.6. The highest BCUT2D eigenvalue weighted by Gasteiger charge is 2.64. The Labute approximate surface area is 305 Å². The minimum Gasteiger partial charge on any atom is -0.481 e. The number of pyridine rings is 1. The van der Waals surface area contributed by atoms with E-state index in [0.29, 0.717) is 78.4 Å². The maximum absolute atomic E-state index is 13.9. The fourth-order valence-corrected chi connectivity index (χ4v) is 13.8. The van der Waals surface area contributed by atoms with E-state index in [1.807, 2.05) is 26.0 Å². The summed E-state index contributed by atoms with van der Waals surface area (Å²) in [6.45, 7) is 16.5. The zero-order valence-corrected chi connectivity index (χ0v) is 32.2. The number of aromatic nitrogens is 1. The molecule has 0 radical (unpaired) electrons. The van der Waals surface area contributed by atoms with Gasteiger partial charge in [-0.3, -0.25) is 24.2 Å². The lowest BCUT2D eigenvalue weighted by Gasteiger charge is -2.67. The van der Waals surface area contributed by atoms with E-state index < -0.39 is 5.97 Å². The molecule has 2 N–H and O–H groups in total. The van der Waals surface area contributed by atoms with Crippen molar-refractivity contribution >= 4 is 23.4 Å². The SMILES string of the molecule is Cc1ccc(C(=O)NCCC23CCC4C(CCC5C4(C)CCC4C(C)C(CC(=O)C6CC(C(=O)O)C6C)CCC45C)C2=C(C(C)C)C(=O)C3)cn1. The van der Waals surface area contributed by atoms with Gasteiger partial charge in [0.1, 0.15) is 5.78 Å². The Bertz CT molecular complexity index is 1610. The van der Waals surface area contributed by atoms with Crippen LogP contribution in [-0.4, -0.2) is 40.1 Å². The number of nitrogens with one attached hydrogen (secondary N) is 1. The van der Waals surface area contributed by atoms with E-state index in [4.69, 9.17) is 0 Å². The fraction of sp³-hybridized carbons (Fsp3) is 0.750. The molecule has 0 aromatic carbocycles. The number of carboxylic acids is 1. The summed E-state index contributed by atoms with van der Waals surface area (Å²) >= 11 is 0. The molecule has 6 aliphatic carbocycles. The van der Waals surface area contributed by atoms with Crippen molar-refractivity contribution in [2.45, 2.75) is 126 Å². The summed E-state index contributed by atoms with van der Waals surface area (Å²) in [5.74, 6) is 2.66. The van der Waals surface area contributed by atoms with Crippen LogP contribution in [0.15, 0.2) is 29.5 Å². The van der Waals surface area contributed by atoms with Crippen LogP contribution >= 0.6 is 0 Å². The van der Waals surface area contributed by atoms with E-state index in [1.165, 1.54) is 31.3 Å². The molecule has 7 rings (SSSR count). The number of fused-ring (bicyclic) bond motifs is 7. The Hall–Kier alpha value is -2.83. The number of aliphatic carboxylic acids is 1. The van der Waals surface area contributed by atoms with Gasteiger partial charge in [-0.25, -0.2) is 0 Å². The molecule has 6 aliphatic rings. The van der Waals surface area contributed by atoms with Crippen molar-refractivity contribution in [2.75, 3.05) is 6.54 Å². The van der Waals surface area contributed by atoms with Crippen LogP contribution in [-0.2, 0) is 14.4 Å². The van der Waals surface area contributed by atoms with Crippen molar-refractivity contribution in [1.29, 1.82) is 0 Å². The molecule has 12 atom stereocenters. The third kappa shape index (κ3) is 5.86. The van der Waals surface area contributed by atoms with Crippen LogP contribution in [0.5, 0.6) is 0 Å². The van der Waals surface area contributed by atoms with E-state index in [0.717, 1.165) is 43.4 Å². The summed E-state index contributed by atoms with van der Waals surface area (Å²) < 4.78 is 0. The zero-order valence-electron chi connectivity index (χ0n) is 32.2. The van der Waals surface area contributed by atoms with Crippen molar-refractivity contribution in [3.8, 4) is 0 Å². The first kappa shape index (κ1) is 36.5. The molecule has 0 spiro atoms. The van der Waals surface area contributed by atoms with Crippen LogP contribution in [0.2, 0.25) is 0 Å². The maximum Gasteiger partial charge on any atom is 0.306 e. The minimum atomic E-state index is -0.756. The Morgan fingerprint density at radius 1 is 0.941 bits per heavy atom. The van der Waals surface area contributed by atoms with Gasteiger partial charge in [0.15, 0.2) is 5.78 Å². The van der Waals surface area contributed by atoms with Gasteiger partial charge < -0.3 is 10.4 Å². The number of aryl methyl sites for hydroxylation is 1. The molecule has 0 aliphatic heterocycles. The Morgan fingerprint density at radius 2 is 1.65 bits per heavy atom. The molecule has 1 heterocycles. The number of carboxylic acid groups (broad SMARTS) is 1. The van der Waals surface area contributed by atoms with Gasteiger partial charge in [-0.15, -0.1) is 0 Å². The monoisotopic (exact) mass is 698 g/mol. The number of hydrogen-bond donors (Lipinski definition) is 2. The summed E-state index contributed by atoms with van der Waals surface area (Å²) in [4.78, 5) is 56.2. The number of ketones is 2. The predicted octanol–water partition coefficient (Wildman–Crippen LogP) is 8.64. The van der Waals surface area contributed by atoms with E-state index in [9.17, 15) is 24.3 Å².